The van der Waals surface area contributed by atoms with Gasteiger partial charge in [-0.2, -0.15) is 0 Å². The molecule has 0 fully saturated rings. The zero-order valence-electron chi connectivity index (χ0n) is 9.17. The molecule has 0 rings (SSSR count). The first-order chi connectivity index (χ1) is 6.78. The monoisotopic (exact) mass is 264 g/mol. The van der Waals surface area contributed by atoms with Crippen molar-refractivity contribution in [1.82, 2.24) is 0 Å². The molecule has 0 aromatic carbocycles. The van der Waals surface area contributed by atoms with Crippen LogP contribution < -0.4 is 0 Å². The van der Waals surface area contributed by atoms with E-state index >= 15 is 0 Å². The zero-order valence-corrected chi connectivity index (χ0v) is 10.8. The van der Waals surface area contributed by atoms with Gasteiger partial charge < -0.3 is 9.47 Å². The Hall–Kier alpha value is 0.140. The van der Waals surface area contributed by atoms with Crippen molar-refractivity contribution in [3.8, 4) is 0 Å². The highest BCUT2D eigenvalue weighted by Gasteiger charge is 2.12. The fourth-order valence-corrected chi connectivity index (χ4v) is 1.49. The average Bonchev–Trinajstić information content (AvgIpc) is 2.22. The van der Waals surface area contributed by atoms with Gasteiger partial charge in [0.05, 0.1) is 11.4 Å². The Labute approximate surface area is 95.8 Å². The van der Waals surface area contributed by atoms with Crippen molar-refractivity contribution < 1.29 is 9.47 Å². The van der Waals surface area contributed by atoms with E-state index < -0.39 is 0 Å². The Balaban J connectivity index is 3.80. The number of alkyl halides is 1. The van der Waals surface area contributed by atoms with Gasteiger partial charge in [0.1, 0.15) is 0 Å². The van der Waals surface area contributed by atoms with Crippen LogP contribution in [0.1, 0.15) is 33.1 Å². The van der Waals surface area contributed by atoms with Crippen molar-refractivity contribution >= 4 is 15.9 Å². The van der Waals surface area contributed by atoms with Crippen LogP contribution >= 0.6 is 15.9 Å². The normalized spacial score (nSPS) is 15.1. The van der Waals surface area contributed by atoms with Crippen molar-refractivity contribution in [3.63, 3.8) is 0 Å². The molecule has 0 aromatic heterocycles. The zero-order chi connectivity index (χ0) is 10.8. The smallest absolute Gasteiger partial charge is 0.167 e. The number of rotatable bonds is 9. The molecule has 2 atom stereocenters. The Morgan fingerprint density at radius 3 is 2.57 bits per heavy atom. The van der Waals surface area contributed by atoms with Crippen LogP contribution in [0.3, 0.4) is 0 Å². The van der Waals surface area contributed by atoms with Crippen LogP contribution in [0.4, 0.5) is 0 Å². The summed E-state index contributed by atoms with van der Waals surface area (Å²) in [5, 5.41) is 0.706. The summed E-state index contributed by atoms with van der Waals surface area (Å²) in [7, 11) is 0. The second-order valence-corrected chi connectivity index (χ2v) is 3.74. The average molecular weight is 265 g/mol. The van der Waals surface area contributed by atoms with Crippen LogP contribution in [0.25, 0.3) is 0 Å². The molecule has 0 aliphatic heterocycles. The Bertz CT molecular complexity index is 139. The van der Waals surface area contributed by atoms with Crippen LogP contribution in [0.5, 0.6) is 0 Å². The molecule has 84 valence electrons. The second kappa shape index (κ2) is 9.69. The van der Waals surface area contributed by atoms with Gasteiger partial charge in [-0.25, -0.2) is 0 Å². The molecule has 14 heavy (non-hydrogen) atoms. The number of unbranched alkanes of at least 4 members (excludes halogenated alkanes) is 1. The maximum Gasteiger partial charge on any atom is 0.167 e. The molecule has 0 spiro atoms. The lowest BCUT2D eigenvalue weighted by Crippen LogP contribution is -2.24. The summed E-state index contributed by atoms with van der Waals surface area (Å²) in [5.41, 5.74) is 0. The molecule has 0 aliphatic rings. The minimum absolute atomic E-state index is 0.115. The summed E-state index contributed by atoms with van der Waals surface area (Å²) < 4.78 is 11.1. The molecule has 3 heteroatoms. The van der Waals surface area contributed by atoms with Gasteiger partial charge >= 0.3 is 0 Å². The molecule has 2 nitrogen and oxygen atoms in total. The number of halogens is 1. The largest absolute Gasteiger partial charge is 0.352 e. The summed E-state index contributed by atoms with van der Waals surface area (Å²) in [5.74, 6) is 0. The van der Waals surface area contributed by atoms with Gasteiger partial charge in [-0.05, 0) is 13.3 Å². The standard InChI is InChI=1S/C11H21BrO2/c1-4-7-8-10(5-2)14-11(9-12)13-6-3/h5,10-11H,2,4,6-9H2,1,3H3. The molecular weight excluding hydrogens is 244 g/mol. The van der Waals surface area contributed by atoms with Crippen molar-refractivity contribution in [3.05, 3.63) is 12.7 Å². The van der Waals surface area contributed by atoms with E-state index in [0.717, 1.165) is 12.8 Å². The minimum Gasteiger partial charge on any atom is -0.352 e. The highest BCUT2D eigenvalue weighted by Crippen LogP contribution is 2.11. The molecule has 0 bridgehead atoms. The van der Waals surface area contributed by atoms with Crippen molar-refractivity contribution in [2.45, 2.75) is 45.5 Å². The molecule has 0 N–H and O–H groups in total. The predicted molar refractivity (Wildman–Crippen MR) is 63.8 cm³/mol. The van der Waals surface area contributed by atoms with E-state index in [1.165, 1.54) is 6.42 Å². The summed E-state index contributed by atoms with van der Waals surface area (Å²) in [6.45, 7) is 8.58. The van der Waals surface area contributed by atoms with Crippen molar-refractivity contribution in [2.24, 2.45) is 0 Å². The van der Waals surface area contributed by atoms with Gasteiger partial charge in [0.25, 0.3) is 0 Å². The highest BCUT2D eigenvalue weighted by molar-refractivity contribution is 9.09. The van der Waals surface area contributed by atoms with Gasteiger partial charge in [-0.3, -0.25) is 0 Å². The number of hydrogen-bond acceptors (Lipinski definition) is 2. The molecule has 0 radical (unpaired) electrons. The maximum atomic E-state index is 5.70. The van der Waals surface area contributed by atoms with Crippen molar-refractivity contribution in [1.29, 1.82) is 0 Å². The SMILES string of the molecule is C=CC(CCCC)OC(CBr)OCC. The molecule has 0 aromatic rings. The van der Waals surface area contributed by atoms with E-state index in [4.69, 9.17) is 9.47 Å². The molecule has 0 amide bonds. The molecule has 0 saturated carbocycles. The summed E-state index contributed by atoms with van der Waals surface area (Å²) >= 11 is 3.36. The Kier molecular flexibility index (Phi) is 9.78. The number of ether oxygens (including phenoxy) is 2. The molecular formula is C11H21BrO2. The van der Waals surface area contributed by atoms with E-state index in [1.54, 1.807) is 0 Å². The highest BCUT2D eigenvalue weighted by atomic mass is 79.9. The summed E-state index contributed by atoms with van der Waals surface area (Å²) in [6.07, 6.45) is 5.18. The first-order valence-corrected chi connectivity index (χ1v) is 6.36. The lowest BCUT2D eigenvalue weighted by atomic mass is 10.1. The second-order valence-electron chi connectivity index (χ2n) is 3.09. The minimum atomic E-state index is -0.153. The quantitative estimate of drug-likeness (QED) is 0.361. The third-order valence-corrected chi connectivity index (χ3v) is 2.44. The first-order valence-electron chi connectivity index (χ1n) is 5.24. The Morgan fingerprint density at radius 1 is 1.43 bits per heavy atom. The lowest BCUT2D eigenvalue weighted by molar-refractivity contribution is -0.143. The van der Waals surface area contributed by atoms with Gasteiger partial charge in [-0.15, -0.1) is 6.58 Å². The molecule has 0 heterocycles. The third-order valence-electron chi connectivity index (χ3n) is 1.91. The predicted octanol–water partition coefficient (Wildman–Crippen LogP) is 3.51. The summed E-state index contributed by atoms with van der Waals surface area (Å²) in [6, 6.07) is 0. The first kappa shape index (κ1) is 14.1. The van der Waals surface area contributed by atoms with E-state index in [1.807, 2.05) is 13.0 Å². The molecule has 0 aliphatic carbocycles. The van der Waals surface area contributed by atoms with Gasteiger partial charge in [0.2, 0.25) is 0 Å². The van der Waals surface area contributed by atoms with Crippen LogP contribution in [0.15, 0.2) is 12.7 Å². The van der Waals surface area contributed by atoms with Crippen LogP contribution in [0.2, 0.25) is 0 Å². The lowest BCUT2D eigenvalue weighted by Gasteiger charge is -2.20. The van der Waals surface area contributed by atoms with Gasteiger partial charge in [-0.1, -0.05) is 41.8 Å². The fourth-order valence-electron chi connectivity index (χ4n) is 1.15. The van der Waals surface area contributed by atoms with E-state index in [0.29, 0.717) is 11.9 Å². The summed E-state index contributed by atoms with van der Waals surface area (Å²) in [4.78, 5) is 0. The fraction of sp³-hybridized carbons (Fsp3) is 0.818. The van der Waals surface area contributed by atoms with Crippen LogP contribution in [-0.2, 0) is 9.47 Å². The van der Waals surface area contributed by atoms with E-state index in [-0.39, 0.29) is 12.4 Å². The Morgan fingerprint density at radius 2 is 2.14 bits per heavy atom. The van der Waals surface area contributed by atoms with E-state index in [9.17, 15) is 0 Å². The molecule has 2 unspecified atom stereocenters. The molecule has 0 saturated heterocycles. The maximum absolute atomic E-state index is 5.70. The van der Waals surface area contributed by atoms with Gasteiger partial charge in [0.15, 0.2) is 6.29 Å². The van der Waals surface area contributed by atoms with Crippen LogP contribution in [0, 0.1) is 0 Å². The van der Waals surface area contributed by atoms with Gasteiger partial charge in [0, 0.05) is 6.61 Å². The van der Waals surface area contributed by atoms with E-state index in [2.05, 4.69) is 29.4 Å². The van der Waals surface area contributed by atoms with Crippen LogP contribution in [-0.4, -0.2) is 24.3 Å². The third kappa shape index (κ3) is 6.57. The van der Waals surface area contributed by atoms with Crippen molar-refractivity contribution in [2.75, 3.05) is 11.9 Å². The number of hydrogen-bond donors (Lipinski definition) is 0. The topological polar surface area (TPSA) is 18.5 Å².